The van der Waals surface area contributed by atoms with Crippen LogP contribution in [0.1, 0.15) is 53.3 Å². The van der Waals surface area contributed by atoms with E-state index in [1.807, 2.05) is 36.4 Å². The van der Waals surface area contributed by atoms with E-state index in [-0.39, 0.29) is 16.9 Å². The molecule has 0 atom stereocenters. The largest absolute Gasteiger partial charge is 0.493 e. The summed E-state index contributed by atoms with van der Waals surface area (Å²) >= 11 is 5.35. The number of ether oxygens (including phenoxy) is 1. The fraction of sp³-hybridized carbons (Fsp3) is 0.222. The van der Waals surface area contributed by atoms with Crippen molar-refractivity contribution in [1.29, 1.82) is 0 Å². The van der Waals surface area contributed by atoms with Gasteiger partial charge in [-0.15, -0.1) is 0 Å². The highest BCUT2D eigenvalue weighted by Crippen LogP contribution is 2.20. The smallest absolute Gasteiger partial charge is 0.261 e. The Kier molecular flexibility index (Phi) is 9.61. The third kappa shape index (κ3) is 7.42. The van der Waals surface area contributed by atoms with Gasteiger partial charge < -0.3 is 15.4 Å². The highest BCUT2D eigenvalue weighted by Gasteiger charge is 2.16. The highest BCUT2D eigenvalue weighted by molar-refractivity contribution is 7.80. The van der Waals surface area contributed by atoms with E-state index in [0.717, 1.165) is 25.7 Å². The van der Waals surface area contributed by atoms with Crippen molar-refractivity contribution in [1.82, 2.24) is 5.32 Å². The van der Waals surface area contributed by atoms with Crippen LogP contribution in [0.3, 0.4) is 0 Å². The molecule has 0 aliphatic heterocycles. The first-order chi connectivity index (χ1) is 16.6. The Hall–Kier alpha value is -3.71. The summed E-state index contributed by atoms with van der Waals surface area (Å²) in [6.45, 7) is 2.71. The molecule has 3 aromatic rings. The normalized spacial score (nSPS) is 10.3. The Morgan fingerprint density at radius 1 is 0.765 bits per heavy atom. The lowest BCUT2D eigenvalue weighted by Gasteiger charge is -2.15. The van der Waals surface area contributed by atoms with Crippen molar-refractivity contribution in [3.63, 3.8) is 0 Å². The lowest BCUT2D eigenvalue weighted by atomic mass is 10.1. The van der Waals surface area contributed by atoms with Gasteiger partial charge in [0.05, 0.1) is 23.4 Å². The monoisotopic (exact) mass is 475 g/mol. The Balaban J connectivity index is 1.62. The van der Waals surface area contributed by atoms with Crippen molar-refractivity contribution >= 4 is 40.5 Å². The molecule has 0 bridgehead atoms. The first-order valence-corrected chi connectivity index (χ1v) is 11.8. The summed E-state index contributed by atoms with van der Waals surface area (Å²) in [5, 5.41) is 8.58. The van der Waals surface area contributed by atoms with Crippen LogP contribution >= 0.6 is 12.2 Å². The lowest BCUT2D eigenvalue weighted by molar-refractivity contribution is 0.0972. The molecule has 0 aliphatic carbocycles. The molecule has 34 heavy (non-hydrogen) atoms. The van der Waals surface area contributed by atoms with Crippen LogP contribution in [0.15, 0.2) is 78.9 Å². The van der Waals surface area contributed by atoms with E-state index in [2.05, 4.69) is 22.9 Å². The maximum absolute atomic E-state index is 12.9. The molecular formula is C27H29N3O3S. The van der Waals surface area contributed by atoms with Crippen molar-refractivity contribution in [2.75, 3.05) is 17.2 Å². The number of benzene rings is 3. The summed E-state index contributed by atoms with van der Waals surface area (Å²) in [7, 11) is 0. The van der Waals surface area contributed by atoms with Gasteiger partial charge in [0.25, 0.3) is 11.8 Å². The molecule has 6 nitrogen and oxygen atoms in total. The summed E-state index contributed by atoms with van der Waals surface area (Å²) in [5.74, 6) is -0.153. The van der Waals surface area contributed by atoms with E-state index in [4.69, 9.17) is 17.0 Å². The molecule has 0 heterocycles. The maximum Gasteiger partial charge on any atom is 0.261 e. The van der Waals surface area contributed by atoms with Crippen molar-refractivity contribution in [3.05, 3.63) is 90.0 Å². The fourth-order valence-electron chi connectivity index (χ4n) is 3.33. The van der Waals surface area contributed by atoms with Gasteiger partial charge >= 0.3 is 0 Å². The van der Waals surface area contributed by atoms with E-state index in [1.165, 1.54) is 0 Å². The molecule has 0 unspecified atom stereocenters. The van der Waals surface area contributed by atoms with Crippen LogP contribution in [0.5, 0.6) is 5.75 Å². The molecule has 3 rings (SSSR count). The van der Waals surface area contributed by atoms with E-state index >= 15 is 0 Å². The molecule has 0 spiro atoms. The molecular weight excluding hydrogens is 446 g/mol. The predicted octanol–water partition coefficient (Wildman–Crippen LogP) is 6.02. The topological polar surface area (TPSA) is 79.5 Å². The van der Waals surface area contributed by atoms with Crippen molar-refractivity contribution < 1.29 is 14.3 Å². The lowest BCUT2D eigenvalue weighted by Crippen LogP contribution is -2.35. The van der Waals surface area contributed by atoms with Gasteiger partial charge in [-0.1, -0.05) is 68.7 Å². The first kappa shape index (κ1) is 24.9. The molecule has 2 amide bonds. The Labute approximate surface area is 205 Å². The predicted molar refractivity (Wildman–Crippen MR) is 141 cm³/mol. The van der Waals surface area contributed by atoms with Gasteiger partial charge in [0, 0.05) is 5.69 Å². The number of hydrogen-bond acceptors (Lipinski definition) is 4. The number of unbranched alkanes of at least 4 members (excludes halogenated alkanes) is 3. The molecule has 7 heteroatoms. The summed E-state index contributed by atoms with van der Waals surface area (Å²) in [6.07, 6.45) is 4.35. The van der Waals surface area contributed by atoms with Crippen LogP contribution in [0, 0.1) is 0 Å². The highest BCUT2D eigenvalue weighted by atomic mass is 32.1. The minimum atomic E-state index is -0.382. The number of nitrogens with one attached hydrogen (secondary N) is 3. The van der Waals surface area contributed by atoms with Gasteiger partial charge in [0.1, 0.15) is 5.75 Å². The second kappa shape index (κ2) is 13.1. The number of anilines is 2. The zero-order valence-corrected chi connectivity index (χ0v) is 20.0. The number of amides is 2. The maximum atomic E-state index is 12.9. The minimum absolute atomic E-state index is 0.0858. The SMILES string of the molecule is CCCCCCOc1ccccc1C(=O)NC(=S)Nc1ccccc1C(=O)Nc1ccccc1. The fourth-order valence-corrected chi connectivity index (χ4v) is 3.53. The van der Waals surface area contributed by atoms with Crippen LogP contribution in [-0.2, 0) is 0 Å². The molecule has 0 fully saturated rings. The van der Waals surface area contributed by atoms with Crippen LogP contribution in [0.4, 0.5) is 11.4 Å². The Morgan fingerprint density at radius 3 is 2.21 bits per heavy atom. The zero-order chi connectivity index (χ0) is 24.2. The van der Waals surface area contributed by atoms with E-state index in [9.17, 15) is 9.59 Å². The van der Waals surface area contributed by atoms with Crippen LogP contribution in [-0.4, -0.2) is 23.5 Å². The summed E-state index contributed by atoms with van der Waals surface area (Å²) in [5.41, 5.74) is 1.97. The van der Waals surface area contributed by atoms with Gasteiger partial charge in [-0.3, -0.25) is 14.9 Å². The van der Waals surface area contributed by atoms with Gasteiger partial charge in [-0.05, 0) is 55.0 Å². The summed E-state index contributed by atoms with van der Waals surface area (Å²) in [6, 6.07) is 23.2. The molecule has 0 saturated carbocycles. The Bertz CT molecular complexity index is 1120. The van der Waals surface area contributed by atoms with Crippen LogP contribution in [0.25, 0.3) is 0 Å². The quantitative estimate of drug-likeness (QED) is 0.247. The molecule has 0 aliphatic rings. The standard InChI is InChI=1S/C27H29N3O3S/c1-2-3-4-12-19-33-24-18-11-9-16-22(24)26(32)30-27(34)29-23-17-10-8-15-21(23)25(31)28-20-13-6-5-7-14-20/h5-11,13-18H,2-4,12,19H2,1H3,(H,28,31)(H2,29,30,32,34). The van der Waals surface area contributed by atoms with E-state index in [1.54, 1.807) is 42.5 Å². The van der Waals surface area contributed by atoms with Crippen LogP contribution in [0.2, 0.25) is 0 Å². The van der Waals surface area contributed by atoms with Crippen molar-refractivity contribution in [3.8, 4) is 5.75 Å². The van der Waals surface area contributed by atoms with Gasteiger partial charge in [0.2, 0.25) is 0 Å². The average molecular weight is 476 g/mol. The molecule has 0 saturated heterocycles. The van der Waals surface area contributed by atoms with Crippen molar-refractivity contribution in [2.24, 2.45) is 0 Å². The number of hydrogen-bond donors (Lipinski definition) is 3. The summed E-state index contributed by atoms with van der Waals surface area (Å²) in [4.78, 5) is 25.6. The first-order valence-electron chi connectivity index (χ1n) is 11.4. The van der Waals surface area contributed by atoms with Gasteiger partial charge in [0.15, 0.2) is 5.11 Å². The van der Waals surface area contributed by atoms with Gasteiger partial charge in [-0.25, -0.2) is 0 Å². The third-order valence-electron chi connectivity index (χ3n) is 5.07. The van der Waals surface area contributed by atoms with E-state index in [0.29, 0.717) is 34.9 Å². The zero-order valence-electron chi connectivity index (χ0n) is 19.2. The molecule has 3 aromatic carbocycles. The number of rotatable bonds is 10. The molecule has 0 radical (unpaired) electrons. The summed E-state index contributed by atoms with van der Waals surface area (Å²) < 4.78 is 5.83. The Morgan fingerprint density at radius 2 is 1.44 bits per heavy atom. The number of carbonyl (C=O) groups is 2. The second-order valence-corrected chi connectivity index (χ2v) is 8.09. The van der Waals surface area contributed by atoms with Gasteiger partial charge in [-0.2, -0.15) is 0 Å². The average Bonchev–Trinajstić information content (AvgIpc) is 2.85. The minimum Gasteiger partial charge on any atom is -0.493 e. The molecule has 3 N–H and O–H groups in total. The number of thiocarbonyl (C=S) groups is 1. The molecule has 176 valence electrons. The second-order valence-electron chi connectivity index (χ2n) is 7.68. The molecule has 0 aromatic heterocycles. The third-order valence-corrected chi connectivity index (χ3v) is 5.27. The number of carbonyl (C=O) groups excluding carboxylic acids is 2. The van der Waals surface area contributed by atoms with Crippen LogP contribution < -0.4 is 20.7 Å². The number of para-hydroxylation sites is 3. The van der Waals surface area contributed by atoms with Crippen molar-refractivity contribution in [2.45, 2.75) is 32.6 Å². The van der Waals surface area contributed by atoms with E-state index < -0.39 is 0 Å².